The summed E-state index contributed by atoms with van der Waals surface area (Å²) >= 11 is 6.11. The van der Waals surface area contributed by atoms with Crippen molar-refractivity contribution in [3.63, 3.8) is 0 Å². The van der Waals surface area contributed by atoms with Gasteiger partial charge in [-0.2, -0.15) is 4.31 Å². The van der Waals surface area contributed by atoms with E-state index < -0.39 is 10.0 Å². The van der Waals surface area contributed by atoms with Crippen LogP contribution < -0.4 is 0 Å². The van der Waals surface area contributed by atoms with E-state index in [2.05, 4.69) is 6.07 Å². The smallest absolute Gasteiger partial charge is 0.243 e. The van der Waals surface area contributed by atoms with Gasteiger partial charge in [0.05, 0.1) is 11.4 Å². The number of hydrogen-bond acceptors (Lipinski definition) is 3. The molecule has 3 aromatic rings. The molecule has 0 radical (unpaired) electrons. The molecular weight excluding hydrogens is 444 g/mol. The number of rotatable bonds is 6. The van der Waals surface area contributed by atoms with E-state index in [0.29, 0.717) is 18.1 Å². The summed E-state index contributed by atoms with van der Waals surface area (Å²) in [6.45, 7) is 2.80. The van der Waals surface area contributed by atoms with Crippen molar-refractivity contribution in [2.45, 2.75) is 31.3 Å². The highest BCUT2D eigenvalue weighted by Gasteiger charge is 2.30. The first kappa shape index (κ1) is 22.5. The summed E-state index contributed by atoms with van der Waals surface area (Å²) in [6, 6.07) is 21.8. The first-order valence-electron chi connectivity index (χ1n) is 10.5. The largest absolute Gasteiger partial charge is 0.337 e. The van der Waals surface area contributed by atoms with Crippen LogP contribution in [-0.2, 0) is 34.3 Å². The Morgan fingerprint density at radius 1 is 1.00 bits per heavy atom. The fourth-order valence-corrected chi connectivity index (χ4v) is 5.47. The Morgan fingerprint density at radius 2 is 1.72 bits per heavy atom. The lowest BCUT2D eigenvalue weighted by Crippen LogP contribution is -2.44. The molecule has 1 aliphatic rings. The molecule has 0 aliphatic carbocycles. The molecule has 0 spiro atoms. The molecule has 3 aromatic carbocycles. The van der Waals surface area contributed by atoms with Gasteiger partial charge in [-0.1, -0.05) is 65.7 Å². The van der Waals surface area contributed by atoms with Gasteiger partial charge in [-0.3, -0.25) is 4.79 Å². The summed E-state index contributed by atoms with van der Waals surface area (Å²) in [5.41, 5.74) is 4.04. The van der Waals surface area contributed by atoms with Crippen LogP contribution >= 0.6 is 11.6 Å². The number of amides is 1. The van der Waals surface area contributed by atoms with Crippen molar-refractivity contribution in [2.24, 2.45) is 0 Å². The van der Waals surface area contributed by atoms with Crippen LogP contribution in [0.2, 0.25) is 5.02 Å². The Morgan fingerprint density at radius 3 is 2.44 bits per heavy atom. The molecule has 0 saturated heterocycles. The van der Waals surface area contributed by atoms with E-state index in [0.717, 1.165) is 23.1 Å². The third kappa shape index (κ3) is 5.04. The summed E-state index contributed by atoms with van der Waals surface area (Å²) in [7, 11) is -3.88. The molecule has 0 unspecified atom stereocenters. The molecule has 0 saturated carbocycles. The standard InChI is InChI=1S/C25H25ClN2O3S/c1-19-9-11-24(12-10-19)32(30,31)28(16-20-5-4-8-23(26)15-20)18-25(29)27-14-13-21-6-2-3-7-22(21)17-27/h2-12,15H,13-14,16-18H2,1H3. The number of carbonyl (C=O) groups excluding carboxylic acids is 1. The van der Waals surface area contributed by atoms with E-state index >= 15 is 0 Å². The molecule has 1 heterocycles. The van der Waals surface area contributed by atoms with Crippen molar-refractivity contribution in [1.82, 2.24) is 9.21 Å². The maximum atomic E-state index is 13.5. The fraction of sp³-hybridized carbons (Fsp3) is 0.240. The highest BCUT2D eigenvalue weighted by Crippen LogP contribution is 2.23. The van der Waals surface area contributed by atoms with E-state index in [-0.39, 0.29) is 23.9 Å². The van der Waals surface area contributed by atoms with Gasteiger partial charge in [0.25, 0.3) is 0 Å². The molecule has 0 atom stereocenters. The number of benzene rings is 3. The molecule has 7 heteroatoms. The first-order chi connectivity index (χ1) is 15.3. The predicted octanol–water partition coefficient (Wildman–Crippen LogP) is 4.42. The number of carbonyl (C=O) groups is 1. The van der Waals surface area contributed by atoms with Crippen LogP contribution in [0.1, 0.15) is 22.3 Å². The monoisotopic (exact) mass is 468 g/mol. The highest BCUT2D eigenvalue weighted by molar-refractivity contribution is 7.89. The second-order valence-electron chi connectivity index (χ2n) is 8.05. The maximum Gasteiger partial charge on any atom is 0.243 e. The van der Waals surface area contributed by atoms with Gasteiger partial charge in [-0.25, -0.2) is 8.42 Å². The maximum absolute atomic E-state index is 13.5. The molecule has 1 amide bonds. The average molecular weight is 469 g/mol. The zero-order valence-corrected chi connectivity index (χ0v) is 19.4. The highest BCUT2D eigenvalue weighted by atomic mass is 35.5. The van der Waals surface area contributed by atoms with E-state index in [9.17, 15) is 13.2 Å². The Bertz CT molecular complexity index is 1230. The van der Waals surface area contributed by atoms with Crippen LogP contribution in [0.3, 0.4) is 0 Å². The number of sulfonamides is 1. The van der Waals surface area contributed by atoms with Gasteiger partial charge in [0.2, 0.25) is 15.9 Å². The van der Waals surface area contributed by atoms with E-state index in [4.69, 9.17) is 11.6 Å². The zero-order chi connectivity index (χ0) is 22.7. The van der Waals surface area contributed by atoms with Gasteiger partial charge in [0, 0.05) is 24.7 Å². The van der Waals surface area contributed by atoms with Crippen molar-refractivity contribution in [1.29, 1.82) is 0 Å². The molecule has 0 bridgehead atoms. The molecule has 32 heavy (non-hydrogen) atoms. The van der Waals surface area contributed by atoms with Crippen LogP contribution in [0.15, 0.2) is 77.7 Å². The third-order valence-corrected chi connectivity index (χ3v) is 7.74. The van der Waals surface area contributed by atoms with E-state index in [1.165, 1.54) is 9.87 Å². The van der Waals surface area contributed by atoms with Gasteiger partial charge in [0.15, 0.2) is 0 Å². The third-order valence-electron chi connectivity index (χ3n) is 5.70. The Balaban J connectivity index is 1.60. The summed E-state index contributed by atoms with van der Waals surface area (Å²) in [5.74, 6) is -0.211. The van der Waals surface area contributed by atoms with Crippen molar-refractivity contribution in [3.05, 3.63) is 100 Å². The quantitative estimate of drug-likeness (QED) is 0.538. The Hall–Kier alpha value is -2.67. The Kier molecular flexibility index (Phi) is 6.65. The van der Waals surface area contributed by atoms with Gasteiger partial charge in [-0.15, -0.1) is 0 Å². The first-order valence-corrected chi connectivity index (χ1v) is 12.3. The Labute approximate surface area is 194 Å². The summed E-state index contributed by atoms with van der Waals surface area (Å²) < 4.78 is 28.2. The van der Waals surface area contributed by atoms with Crippen molar-refractivity contribution in [3.8, 4) is 0 Å². The molecule has 4 rings (SSSR count). The molecule has 5 nitrogen and oxygen atoms in total. The number of fused-ring (bicyclic) bond motifs is 1. The topological polar surface area (TPSA) is 57.7 Å². The molecule has 0 N–H and O–H groups in total. The van der Waals surface area contributed by atoms with Crippen molar-refractivity contribution >= 4 is 27.5 Å². The molecule has 1 aliphatic heterocycles. The minimum atomic E-state index is -3.88. The lowest BCUT2D eigenvalue weighted by atomic mass is 10.00. The lowest BCUT2D eigenvalue weighted by Gasteiger charge is -2.31. The predicted molar refractivity (Wildman–Crippen MR) is 126 cm³/mol. The second-order valence-corrected chi connectivity index (χ2v) is 10.4. The normalized spacial score (nSPS) is 13.8. The lowest BCUT2D eigenvalue weighted by molar-refractivity contribution is -0.132. The number of aryl methyl sites for hydroxylation is 1. The molecule has 0 fully saturated rings. The molecule has 0 aromatic heterocycles. The SMILES string of the molecule is Cc1ccc(S(=O)(=O)N(CC(=O)N2CCc3ccccc3C2)Cc2cccc(Cl)c2)cc1. The zero-order valence-electron chi connectivity index (χ0n) is 17.9. The van der Waals surface area contributed by atoms with Gasteiger partial charge < -0.3 is 4.90 Å². The van der Waals surface area contributed by atoms with Crippen LogP contribution in [0.5, 0.6) is 0 Å². The van der Waals surface area contributed by atoms with Gasteiger partial charge in [-0.05, 0) is 54.3 Å². The fourth-order valence-electron chi connectivity index (χ4n) is 3.88. The van der Waals surface area contributed by atoms with Crippen molar-refractivity contribution in [2.75, 3.05) is 13.1 Å². The van der Waals surface area contributed by atoms with Gasteiger partial charge in [0.1, 0.15) is 0 Å². The number of halogens is 1. The average Bonchev–Trinajstić information content (AvgIpc) is 2.78. The number of nitrogens with zero attached hydrogens (tertiary/aromatic N) is 2. The van der Waals surface area contributed by atoms with Crippen LogP contribution in [0, 0.1) is 6.92 Å². The molecule has 166 valence electrons. The molecular formula is C25H25ClN2O3S. The number of hydrogen-bond donors (Lipinski definition) is 0. The minimum Gasteiger partial charge on any atom is -0.337 e. The van der Waals surface area contributed by atoms with Crippen LogP contribution in [0.4, 0.5) is 0 Å². The van der Waals surface area contributed by atoms with E-state index in [1.54, 1.807) is 47.4 Å². The summed E-state index contributed by atoms with van der Waals surface area (Å²) in [6.07, 6.45) is 0.765. The summed E-state index contributed by atoms with van der Waals surface area (Å²) in [5, 5.41) is 0.522. The second kappa shape index (κ2) is 9.45. The van der Waals surface area contributed by atoms with Crippen LogP contribution in [0.25, 0.3) is 0 Å². The van der Waals surface area contributed by atoms with Crippen molar-refractivity contribution < 1.29 is 13.2 Å². The van der Waals surface area contributed by atoms with Gasteiger partial charge >= 0.3 is 0 Å². The minimum absolute atomic E-state index is 0.0624. The van der Waals surface area contributed by atoms with Crippen LogP contribution in [-0.4, -0.2) is 36.6 Å². The van der Waals surface area contributed by atoms with E-state index in [1.807, 2.05) is 31.2 Å². The summed E-state index contributed by atoms with van der Waals surface area (Å²) in [4.78, 5) is 15.1.